The third-order valence-corrected chi connectivity index (χ3v) is 4.22. The highest BCUT2D eigenvalue weighted by Crippen LogP contribution is 2.12. The Balaban J connectivity index is 1.71. The highest BCUT2D eigenvalue weighted by molar-refractivity contribution is 7.12. The number of rotatable bonds is 5. The smallest absolute Gasteiger partial charge is 0.279 e. The van der Waals surface area contributed by atoms with E-state index in [2.05, 4.69) is 10.9 Å². The third-order valence-electron chi connectivity index (χ3n) is 2.44. The molecule has 2 amide bonds. The molecule has 0 aromatic carbocycles. The second kappa shape index (κ2) is 6.97. The molecule has 0 fully saturated rings. The number of ketones is 1. The fraction of sp³-hybridized carbons (Fsp3) is 0.154. The minimum Gasteiger partial charge on any atom is -0.293 e. The summed E-state index contributed by atoms with van der Waals surface area (Å²) in [6.45, 7) is 0. The van der Waals surface area contributed by atoms with Gasteiger partial charge in [-0.25, -0.2) is 0 Å². The molecule has 2 rings (SSSR count). The second-order valence-corrected chi connectivity index (χ2v) is 5.78. The van der Waals surface area contributed by atoms with Crippen LogP contribution in [0.15, 0.2) is 35.0 Å². The first-order valence-electron chi connectivity index (χ1n) is 5.86. The van der Waals surface area contributed by atoms with Crippen molar-refractivity contribution in [3.63, 3.8) is 0 Å². The molecule has 0 aliphatic heterocycles. The normalized spacial score (nSPS) is 10.0. The molecular weight excluding hydrogens is 296 g/mol. The van der Waals surface area contributed by atoms with E-state index in [9.17, 15) is 14.4 Å². The second-order valence-electron chi connectivity index (χ2n) is 3.88. The number of nitrogens with one attached hydrogen (secondary N) is 2. The SMILES string of the molecule is O=C(CCC(=O)c1cccs1)NNC(=O)c1cccs1. The molecule has 104 valence electrons. The molecule has 2 aromatic heterocycles. The van der Waals surface area contributed by atoms with Crippen LogP contribution in [0.4, 0.5) is 0 Å². The molecule has 0 bridgehead atoms. The van der Waals surface area contributed by atoms with E-state index in [1.807, 2.05) is 5.38 Å². The van der Waals surface area contributed by atoms with Crippen molar-refractivity contribution in [2.45, 2.75) is 12.8 Å². The van der Waals surface area contributed by atoms with Crippen LogP contribution < -0.4 is 10.9 Å². The van der Waals surface area contributed by atoms with Gasteiger partial charge in [-0.15, -0.1) is 22.7 Å². The van der Waals surface area contributed by atoms with E-state index in [1.165, 1.54) is 22.7 Å². The number of hydrogen-bond donors (Lipinski definition) is 2. The summed E-state index contributed by atoms with van der Waals surface area (Å²) in [4.78, 5) is 35.9. The van der Waals surface area contributed by atoms with Crippen LogP contribution in [-0.4, -0.2) is 17.6 Å². The Morgan fingerprint density at radius 3 is 2.15 bits per heavy atom. The van der Waals surface area contributed by atoms with Gasteiger partial charge >= 0.3 is 0 Å². The largest absolute Gasteiger partial charge is 0.293 e. The highest BCUT2D eigenvalue weighted by Gasteiger charge is 2.11. The first-order valence-corrected chi connectivity index (χ1v) is 7.62. The topological polar surface area (TPSA) is 75.3 Å². The standard InChI is InChI=1S/C13H12N2O3S2/c16-9(10-3-1-7-19-10)5-6-12(17)14-15-13(18)11-4-2-8-20-11/h1-4,7-8H,5-6H2,(H,14,17)(H,15,18). The number of amides is 2. The Labute approximate surface area is 123 Å². The lowest BCUT2D eigenvalue weighted by Gasteiger charge is -2.05. The monoisotopic (exact) mass is 308 g/mol. The Bertz CT molecular complexity index is 539. The van der Waals surface area contributed by atoms with Crippen molar-refractivity contribution in [3.8, 4) is 0 Å². The number of hydrazine groups is 1. The molecule has 0 aliphatic rings. The van der Waals surface area contributed by atoms with Crippen LogP contribution in [0.5, 0.6) is 0 Å². The minimum atomic E-state index is -0.389. The van der Waals surface area contributed by atoms with Gasteiger partial charge in [0, 0.05) is 12.8 Å². The van der Waals surface area contributed by atoms with Gasteiger partial charge in [-0.2, -0.15) is 0 Å². The van der Waals surface area contributed by atoms with Crippen molar-refractivity contribution in [2.24, 2.45) is 0 Å². The number of Topliss-reactive ketones (excluding diaryl/α,β-unsaturated/α-hetero) is 1. The molecule has 2 aromatic rings. The summed E-state index contributed by atoms with van der Waals surface area (Å²) in [6.07, 6.45) is 0.169. The Morgan fingerprint density at radius 2 is 1.55 bits per heavy atom. The van der Waals surface area contributed by atoms with Gasteiger partial charge in [-0.1, -0.05) is 12.1 Å². The van der Waals surface area contributed by atoms with Crippen molar-refractivity contribution in [3.05, 3.63) is 44.8 Å². The summed E-state index contributed by atoms with van der Waals surface area (Å²) in [5.41, 5.74) is 4.60. The Hall–Kier alpha value is -1.99. The average Bonchev–Trinajstić information content (AvgIpc) is 3.14. The lowest BCUT2D eigenvalue weighted by molar-refractivity contribution is -0.121. The van der Waals surface area contributed by atoms with Gasteiger partial charge < -0.3 is 0 Å². The number of carbonyl (C=O) groups is 3. The Kier molecular flexibility index (Phi) is 5.03. The molecule has 2 heterocycles. The fourth-order valence-corrected chi connectivity index (χ4v) is 2.76. The van der Waals surface area contributed by atoms with E-state index in [0.29, 0.717) is 9.75 Å². The molecule has 7 heteroatoms. The molecule has 0 saturated heterocycles. The maximum atomic E-state index is 11.7. The molecule has 0 saturated carbocycles. The van der Waals surface area contributed by atoms with Gasteiger partial charge in [0.25, 0.3) is 5.91 Å². The van der Waals surface area contributed by atoms with Gasteiger partial charge in [0.1, 0.15) is 0 Å². The molecule has 0 aliphatic carbocycles. The lowest BCUT2D eigenvalue weighted by Crippen LogP contribution is -2.41. The van der Waals surface area contributed by atoms with E-state index < -0.39 is 0 Å². The summed E-state index contributed by atoms with van der Waals surface area (Å²) in [5, 5.41) is 3.59. The number of hydrogen-bond acceptors (Lipinski definition) is 5. The van der Waals surface area contributed by atoms with E-state index in [-0.39, 0.29) is 30.4 Å². The lowest BCUT2D eigenvalue weighted by atomic mass is 10.2. The van der Waals surface area contributed by atoms with Crippen LogP contribution >= 0.6 is 22.7 Å². The molecule has 0 atom stereocenters. The summed E-state index contributed by atoms with van der Waals surface area (Å²) in [6, 6.07) is 6.93. The third kappa shape index (κ3) is 4.01. The zero-order valence-corrected chi connectivity index (χ0v) is 12.1. The van der Waals surface area contributed by atoms with Crippen LogP contribution in [0.25, 0.3) is 0 Å². The van der Waals surface area contributed by atoms with Crippen LogP contribution in [0.3, 0.4) is 0 Å². The molecule has 0 unspecified atom stereocenters. The van der Waals surface area contributed by atoms with Crippen LogP contribution in [-0.2, 0) is 4.79 Å². The van der Waals surface area contributed by atoms with Crippen LogP contribution in [0.1, 0.15) is 32.2 Å². The maximum absolute atomic E-state index is 11.7. The summed E-state index contributed by atoms with van der Waals surface area (Å²) >= 11 is 2.63. The first-order chi connectivity index (χ1) is 9.66. The van der Waals surface area contributed by atoms with Crippen molar-refractivity contribution in [1.29, 1.82) is 0 Å². The fourth-order valence-electron chi connectivity index (χ4n) is 1.45. The quantitative estimate of drug-likeness (QED) is 0.657. The number of carbonyl (C=O) groups excluding carboxylic acids is 3. The van der Waals surface area contributed by atoms with Crippen molar-refractivity contribution < 1.29 is 14.4 Å². The predicted octanol–water partition coefficient (Wildman–Crippen LogP) is 2.23. The maximum Gasteiger partial charge on any atom is 0.279 e. The minimum absolute atomic E-state index is 0.0431. The zero-order valence-electron chi connectivity index (χ0n) is 10.4. The van der Waals surface area contributed by atoms with E-state index in [0.717, 1.165) is 0 Å². The van der Waals surface area contributed by atoms with Crippen LogP contribution in [0, 0.1) is 0 Å². The summed E-state index contributed by atoms with van der Waals surface area (Å²) in [7, 11) is 0. The van der Waals surface area contributed by atoms with Crippen molar-refractivity contribution in [1.82, 2.24) is 10.9 Å². The van der Waals surface area contributed by atoms with E-state index >= 15 is 0 Å². The molecule has 0 spiro atoms. The zero-order chi connectivity index (χ0) is 14.4. The number of thiophene rings is 2. The summed E-state index contributed by atoms with van der Waals surface area (Å²) in [5.74, 6) is -0.822. The van der Waals surface area contributed by atoms with Gasteiger partial charge in [0.2, 0.25) is 5.91 Å². The molecule has 5 nitrogen and oxygen atoms in total. The Morgan fingerprint density at radius 1 is 0.900 bits per heavy atom. The van der Waals surface area contributed by atoms with Gasteiger partial charge in [-0.3, -0.25) is 25.2 Å². The predicted molar refractivity (Wildman–Crippen MR) is 77.8 cm³/mol. The molecule has 0 radical (unpaired) electrons. The average molecular weight is 308 g/mol. The van der Waals surface area contributed by atoms with Gasteiger partial charge in [0.15, 0.2) is 5.78 Å². The first kappa shape index (κ1) is 14.4. The highest BCUT2D eigenvalue weighted by atomic mass is 32.1. The van der Waals surface area contributed by atoms with Gasteiger partial charge in [0.05, 0.1) is 9.75 Å². The van der Waals surface area contributed by atoms with Crippen molar-refractivity contribution >= 4 is 40.3 Å². The molecule has 20 heavy (non-hydrogen) atoms. The van der Waals surface area contributed by atoms with Crippen molar-refractivity contribution in [2.75, 3.05) is 0 Å². The summed E-state index contributed by atoms with van der Waals surface area (Å²) < 4.78 is 0. The van der Waals surface area contributed by atoms with E-state index in [1.54, 1.807) is 29.6 Å². The molecular formula is C13H12N2O3S2. The van der Waals surface area contributed by atoms with E-state index in [4.69, 9.17) is 0 Å². The van der Waals surface area contributed by atoms with Gasteiger partial charge in [-0.05, 0) is 22.9 Å². The molecule has 2 N–H and O–H groups in total. The van der Waals surface area contributed by atoms with Crippen LogP contribution in [0.2, 0.25) is 0 Å².